The molecule has 2 aromatic carbocycles. The van der Waals surface area contributed by atoms with Gasteiger partial charge in [-0.3, -0.25) is 24.5 Å². The summed E-state index contributed by atoms with van der Waals surface area (Å²) in [4.78, 5) is 81.1. The highest BCUT2D eigenvalue weighted by Crippen LogP contribution is 2.40. The normalized spacial score (nSPS) is 21.5. The van der Waals surface area contributed by atoms with Crippen LogP contribution in [0.5, 0.6) is 0 Å². The molecule has 0 bridgehead atoms. The van der Waals surface area contributed by atoms with E-state index in [1.165, 1.54) is 4.90 Å². The SMILES string of the molecule is CC[C@@H]1C(=O)N(C)c2cnc(Nc3ccc(-c4cn([C@H]5CC[C@@H](N(CCOCCC#Cc6cccc7c6CN(C6CCC(=O)NC6=O)C7=O)C(=O)OC(C)(C)C)CC5)nn4)cc3)nc2N1C1CCCC1. The van der Waals surface area contributed by atoms with Gasteiger partial charge in [0.25, 0.3) is 5.91 Å². The summed E-state index contributed by atoms with van der Waals surface area (Å²) in [6, 6.07) is 12.8. The number of hydrogen-bond donors (Lipinski definition) is 2. The lowest BCUT2D eigenvalue weighted by Crippen LogP contribution is -2.55. The Hall–Kier alpha value is -6.87. The maximum absolute atomic E-state index is 13.6. The Labute approximate surface area is 408 Å². The highest BCUT2D eigenvalue weighted by molar-refractivity contribution is 6.06. The van der Waals surface area contributed by atoms with Crippen molar-refractivity contribution in [2.24, 2.45) is 0 Å². The van der Waals surface area contributed by atoms with Crippen molar-refractivity contribution >= 4 is 52.9 Å². The second-order valence-corrected chi connectivity index (χ2v) is 19.9. The summed E-state index contributed by atoms with van der Waals surface area (Å²) in [5, 5.41) is 14.8. The average Bonchev–Trinajstić information content (AvgIpc) is 4.13. The highest BCUT2D eigenvalue weighted by Gasteiger charge is 2.42. The van der Waals surface area contributed by atoms with Crippen LogP contribution < -0.4 is 20.4 Å². The molecule has 18 nitrogen and oxygen atoms in total. The first-order valence-electron chi connectivity index (χ1n) is 24.8. The van der Waals surface area contributed by atoms with E-state index >= 15 is 0 Å². The number of likely N-dealkylation sites (N-methyl/N-ethyl adjacent to an activating group) is 1. The van der Waals surface area contributed by atoms with Gasteiger partial charge in [-0.1, -0.05) is 55.0 Å². The minimum atomic E-state index is -0.685. The lowest BCUT2D eigenvalue weighted by molar-refractivity contribution is -0.137. The summed E-state index contributed by atoms with van der Waals surface area (Å²) >= 11 is 0. The van der Waals surface area contributed by atoms with Gasteiger partial charge in [-0.2, -0.15) is 4.98 Å². The first-order chi connectivity index (χ1) is 33.8. The van der Waals surface area contributed by atoms with Crippen molar-refractivity contribution in [2.75, 3.05) is 41.9 Å². The van der Waals surface area contributed by atoms with Crippen molar-refractivity contribution in [1.29, 1.82) is 0 Å². The fraction of sp³-hybridized carbons (Fsp3) is 0.519. The van der Waals surface area contributed by atoms with Gasteiger partial charge in [0.2, 0.25) is 23.7 Å². The van der Waals surface area contributed by atoms with Crippen LogP contribution in [0.3, 0.4) is 0 Å². The molecule has 0 spiro atoms. The van der Waals surface area contributed by atoms with Crippen molar-refractivity contribution < 1.29 is 33.4 Å². The van der Waals surface area contributed by atoms with Gasteiger partial charge in [-0.05, 0) is 102 Å². The molecule has 4 aromatic rings. The monoisotopic (exact) mass is 953 g/mol. The number of benzene rings is 2. The smallest absolute Gasteiger partial charge is 0.410 e. The Morgan fingerprint density at radius 2 is 1.73 bits per heavy atom. The van der Waals surface area contributed by atoms with Crippen LogP contribution >= 0.6 is 0 Å². The second kappa shape index (κ2) is 20.6. The summed E-state index contributed by atoms with van der Waals surface area (Å²) < 4.78 is 13.8. The molecule has 2 atom stereocenters. The summed E-state index contributed by atoms with van der Waals surface area (Å²) in [6.07, 6.45) is 12.6. The summed E-state index contributed by atoms with van der Waals surface area (Å²) in [7, 11) is 1.81. The Kier molecular flexibility index (Phi) is 14.2. The predicted octanol–water partition coefficient (Wildman–Crippen LogP) is 6.92. The molecular weight excluding hydrogens is 891 g/mol. The second-order valence-electron chi connectivity index (χ2n) is 19.9. The number of carbonyl (C=O) groups excluding carboxylic acids is 5. The van der Waals surface area contributed by atoms with Gasteiger partial charge in [-0.15, -0.1) is 5.10 Å². The highest BCUT2D eigenvalue weighted by atomic mass is 16.6. The van der Waals surface area contributed by atoms with Gasteiger partial charge < -0.3 is 34.4 Å². The lowest BCUT2D eigenvalue weighted by Gasteiger charge is -2.43. The van der Waals surface area contributed by atoms with E-state index in [1.807, 2.05) is 62.0 Å². The molecule has 3 aliphatic heterocycles. The number of aromatic nitrogens is 5. The molecule has 2 saturated carbocycles. The molecule has 368 valence electrons. The molecule has 5 heterocycles. The zero-order chi connectivity index (χ0) is 49.1. The number of nitrogens with zero attached hydrogens (tertiary/aromatic N) is 9. The molecule has 0 radical (unpaired) electrons. The number of hydrogen-bond acceptors (Lipinski definition) is 13. The molecule has 70 heavy (non-hydrogen) atoms. The number of ether oxygens (including phenoxy) is 2. The van der Waals surface area contributed by atoms with Crippen LogP contribution in [0.2, 0.25) is 0 Å². The van der Waals surface area contributed by atoms with Crippen molar-refractivity contribution in [3.63, 3.8) is 0 Å². The number of piperidine rings is 1. The number of rotatable bonds is 13. The molecule has 18 heteroatoms. The lowest BCUT2D eigenvalue weighted by atomic mass is 9.90. The van der Waals surface area contributed by atoms with Crippen molar-refractivity contribution in [3.8, 4) is 23.1 Å². The van der Waals surface area contributed by atoms with Crippen LogP contribution in [0.15, 0.2) is 54.9 Å². The van der Waals surface area contributed by atoms with Gasteiger partial charge in [0.15, 0.2) is 5.82 Å². The maximum Gasteiger partial charge on any atom is 0.410 e. The van der Waals surface area contributed by atoms with Crippen molar-refractivity contribution in [2.45, 2.75) is 147 Å². The zero-order valence-electron chi connectivity index (χ0n) is 40.8. The number of imide groups is 1. The number of anilines is 4. The fourth-order valence-corrected chi connectivity index (χ4v) is 10.5. The van der Waals surface area contributed by atoms with Crippen LogP contribution in [-0.4, -0.2) is 121 Å². The van der Waals surface area contributed by atoms with E-state index in [0.29, 0.717) is 56.6 Å². The standard InChI is InChI=1S/C52H63N11O7/c1-6-42-49(67)59(5)44-30-53-50(56-46(44)63(42)38-14-7-8-15-38)54-35-19-17-34(18-20-35)41-32-62(58-57-41)37-23-21-36(22-24-37)60(51(68)70-52(2,3)4)27-29-69-28-10-9-12-33-13-11-16-39-40(33)31-61(48(39)66)43-25-26-45(64)55-47(43)65/h11,13,16-20,30,32,36-38,42-43H,6-8,10,14-15,21-29,31H2,1-5H3,(H,53,54,56)(H,55,64,65)/t36-,37+,42-,43?/m1/s1. The van der Waals surface area contributed by atoms with E-state index in [2.05, 4.69) is 49.6 Å². The number of amides is 5. The van der Waals surface area contributed by atoms with E-state index < -0.39 is 17.6 Å². The third-order valence-corrected chi connectivity index (χ3v) is 14.1. The summed E-state index contributed by atoms with van der Waals surface area (Å²) in [5.74, 6) is 6.72. The quantitative estimate of drug-likeness (QED) is 0.0797. The van der Waals surface area contributed by atoms with E-state index in [9.17, 15) is 24.0 Å². The number of fused-ring (bicyclic) bond motifs is 2. The minimum absolute atomic E-state index is 0.0264. The predicted molar refractivity (Wildman–Crippen MR) is 262 cm³/mol. The van der Waals surface area contributed by atoms with Gasteiger partial charge in [-0.25, -0.2) is 14.5 Å². The Morgan fingerprint density at radius 3 is 2.46 bits per heavy atom. The summed E-state index contributed by atoms with van der Waals surface area (Å²) in [6.45, 7) is 8.96. The van der Waals surface area contributed by atoms with Gasteiger partial charge in [0.05, 0.1) is 31.6 Å². The van der Waals surface area contributed by atoms with Gasteiger partial charge >= 0.3 is 6.09 Å². The Balaban J connectivity index is 0.767. The Morgan fingerprint density at radius 1 is 0.957 bits per heavy atom. The molecule has 1 unspecified atom stereocenters. The van der Waals surface area contributed by atoms with E-state index in [1.54, 1.807) is 35.2 Å². The molecular formula is C52H63N11O7. The molecule has 9 rings (SSSR count). The summed E-state index contributed by atoms with van der Waals surface area (Å²) in [5.41, 5.74) is 4.63. The van der Waals surface area contributed by atoms with Gasteiger partial charge in [0.1, 0.15) is 29.1 Å². The Bertz CT molecular complexity index is 2670. The topological polar surface area (TPSA) is 197 Å². The molecule has 2 N–H and O–H groups in total. The fourth-order valence-electron chi connectivity index (χ4n) is 10.5. The molecule has 2 aromatic heterocycles. The zero-order valence-corrected chi connectivity index (χ0v) is 40.8. The van der Waals surface area contributed by atoms with Crippen molar-refractivity contribution in [3.05, 3.63) is 71.5 Å². The van der Waals surface area contributed by atoms with Crippen LogP contribution in [0.25, 0.3) is 11.3 Å². The van der Waals surface area contributed by atoms with Crippen LogP contribution in [0.1, 0.15) is 132 Å². The first kappa shape index (κ1) is 48.2. The van der Waals surface area contributed by atoms with Gasteiger partial charge in [0, 0.05) is 67.4 Å². The maximum atomic E-state index is 13.6. The third kappa shape index (κ3) is 10.4. The van der Waals surface area contributed by atoms with Crippen molar-refractivity contribution in [1.82, 2.24) is 40.1 Å². The molecule has 3 fully saturated rings. The van der Waals surface area contributed by atoms with E-state index in [4.69, 9.17) is 14.5 Å². The van der Waals surface area contributed by atoms with Crippen LogP contribution in [0, 0.1) is 11.8 Å². The first-order valence-corrected chi connectivity index (χ1v) is 24.8. The molecule has 5 aliphatic rings. The number of carbonyl (C=O) groups is 5. The third-order valence-electron chi connectivity index (χ3n) is 14.1. The van der Waals surface area contributed by atoms with E-state index in [0.717, 1.165) is 90.9 Å². The minimum Gasteiger partial charge on any atom is -0.444 e. The van der Waals surface area contributed by atoms with Crippen LogP contribution in [-0.2, 0) is 30.4 Å². The molecule has 5 amide bonds. The number of nitrogens with one attached hydrogen (secondary N) is 2. The average molecular weight is 954 g/mol. The molecule has 2 aliphatic carbocycles. The van der Waals surface area contributed by atoms with E-state index in [-0.39, 0.29) is 54.9 Å². The molecule has 1 saturated heterocycles. The van der Waals surface area contributed by atoms with Crippen LogP contribution in [0.4, 0.5) is 27.9 Å². The largest absolute Gasteiger partial charge is 0.444 e.